The number of thiocarbonyl (C=S) groups is 1. The van der Waals surface area contributed by atoms with E-state index in [-0.39, 0.29) is 18.3 Å². The van der Waals surface area contributed by atoms with Crippen LogP contribution in [0.1, 0.15) is 6.42 Å². The molecule has 0 radical (unpaired) electrons. The van der Waals surface area contributed by atoms with Gasteiger partial charge in [0.05, 0.1) is 17.2 Å². The Labute approximate surface area is 118 Å². The molecule has 1 aromatic rings. The number of anilines is 1. The van der Waals surface area contributed by atoms with E-state index in [9.17, 15) is 9.18 Å². The van der Waals surface area contributed by atoms with Crippen LogP contribution in [0.15, 0.2) is 24.3 Å². The molecule has 0 aliphatic carbocycles. The number of carbonyl (C=O) groups is 1. The van der Waals surface area contributed by atoms with E-state index in [4.69, 9.17) is 18.0 Å². The summed E-state index contributed by atoms with van der Waals surface area (Å²) >= 11 is 4.76. The van der Waals surface area contributed by atoms with Crippen LogP contribution in [0.25, 0.3) is 0 Å². The highest BCUT2D eigenvalue weighted by Crippen LogP contribution is 2.16. The van der Waals surface area contributed by atoms with Crippen molar-refractivity contribution < 1.29 is 9.18 Å². The minimum Gasteiger partial charge on any atom is -0.393 e. The normalized spacial score (nSPS) is 10.1. The van der Waals surface area contributed by atoms with Gasteiger partial charge in [0, 0.05) is 27.1 Å². The molecule has 19 heavy (non-hydrogen) atoms. The molecule has 2 N–H and O–H groups in total. The van der Waals surface area contributed by atoms with Crippen molar-refractivity contribution in [2.24, 2.45) is 5.73 Å². The van der Waals surface area contributed by atoms with Gasteiger partial charge in [-0.3, -0.25) is 4.79 Å². The SMILES string of the molecule is CN(CCC(N)=S)C(=O)CN(C)c1ccccc1F. The molecule has 0 atom stereocenters. The zero-order valence-corrected chi connectivity index (χ0v) is 11.9. The molecule has 0 aliphatic rings. The Hall–Kier alpha value is -1.69. The molecule has 0 unspecified atom stereocenters. The number of amides is 1. The molecule has 6 heteroatoms. The third kappa shape index (κ3) is 4.82. The van der Waals surface area contributed by atoms with E-state index in [0.717, 1.165) is 0 Å². The second-order valence-electron chi connectivity index (χ2n) is 4.34. The Balaban J connectivity index is 2.57. The summed E-state index contributed by atoms with van der Waals surface area (Å²) in [6.07, 6.45) is 0.487. The Morgan fingerprint density at radius 3 is 2.58 bits per heavy atom. The van der Waals surface area contributed by atoms with Crippen LogP contribution in [0.5, 0.6) is 0 Å². The van der Waals surface area contributed by atoms with Crippen molar-refractivity contribution in [3.63, 3.8) is 0 Å². The van der Waals surface area contributed by atoms with E-state index in [1.807, 2.05) is 0 Å². The second kappa shape index (κ2) is 7.04. The van der Waals surface area contributed by atoms with Gasteiger partial charge in [0.1, 0.15) is 5.82 Å². The zero-order chi connectivity index (χ0) is 14.4. The molecule has 1 rings (SSSR count). The van der Waals surface area contributed by atoms with Crippen molar-refractivity contribution in [1.29, 1.82) is 0 Å². The van der Waals surface area contributed by atoms with Gasteiger partial charge in [0.15, 0.2) is 0 Å². The lowest BCUT2D eigenvalue weighted by molar-refractivity contribution is -0.128. The third-order valence-electron chi connectivity index (χ3n) is 2.76. The molecule has 1 aromatic carbocycles. The molecule has 0 spiro atoms. The van der Waals surface area contributed by atoms with Gasteiger partial charge < -0.3 is 15.5 Å². The van der Waals surface area contributed by atoms with E-state index in [1.54, 1.807) is 37.2 Å². The lowest BCUT2D eigenvalue weighted by Gasteiger charge is -2.23. The number of nitrogens with two attached hydrogens (primary N) is 1. The predicted octanol–water partition coefficient (Wildman–Crippen LogP) is 1.40. The molecule has 4 nitrogen and oxygen atoms in total. The number of hydrogen-bond donors (Lipinski definition) is 1. The first kappa shape index (κ1) is 15.4. The molecular weight excluding hydrogens is 265 g/mol. The highest BCUT2D eigenvalue weighted by molar-refractivity contribution is 7.80. The van der Waals surface area contributed by atoms with E-state index < -0.39 is 0 Å². The first-order valence-electron chi connectivity index (χ1n) is 5.89. The summed E-state index contributed by atoms with van der Waals surface area (Å²) in [4.78, 5) is 15.4. The van der Waals surface area contributed by atoms with Crippen molar-refractivity contribution in [2.75, 3.05) is 32.1 Å². The van der Waals surface area contributed by atoms with Gasteiger partial charge in [-0.25, -0.2) is 4.39 Å². The van der Waals surface area contributed by atoms with Crippen LogP contribution in [0.2, 0.25) is 0 Å². The van der Waals surface area contributed by atoms with Crippen molar-refractivity contribution in [1.82, 2.24) is 4.90 Å². The first-order valence-corrected chi connectivity index (χ1v) is 6.30. The van der Waals surface area contributed by atoms with Crippen LogP contribution in [-0.4, -0.2) is 43.0 Å². The maximum atomic E-state index is 13.5. The molecule has 1 amide bonds. The van der Waals surface area contributed by atoms with Crippen molar-refractivity contribution >= 4 is 28.8 Å². The smallest absolute Gasteiger partial charge is 0.241 e. The summed E-state index contributed by atoms with van der Waals surface area (Å²) in [7, 11) is 3.35. The number of halogens is 1. The molecule has 0 aromatic heterocycles. The Morgan fingerprint density at radius 1 is 1.37 bits per heavy atom. The maximum absolute atomic E-state index is 13.5. The van der Waals surface area contributed by atoms with Crippen LogP contribution in [0.4, 0.5) is 10.1 Å². The van der Waals surface area contributed by atoms with Crippen molar-refractivity contribution in [2.45, 2.75) is 6.42 Å². The Morgan fingerprint density at radius 2 is 2.00 bits per heavy atom. The van der Waals surface area contributed by atoms with Gasteiger partial charge >= 0.3 is 0 Å². The van der Waals surface area contributed by atoms with Crippen LogP contribution < -0.4 is 10.6 Å². The first-order chi connectivity index (χ1) is 8.91. The van der Waals surface area contributed by atoms with Crippen LogP contribution >= 0.6 is 12.2 Å². The monoisotopic (exact) mass is 283 g/mol. The summed E-state index contributed by atoms with van der Waals surface area (Å²) in [5.74, 6) is -0.453. The standard InChI is InChI=1S/C13H18FN3OS/c1-16(8-7-12(15)19)13(18)9-17(2)11-6-4-3-5-10(11)14/h3-6H,7-9H2,1-2H3,(H2,15,19). The largest absolute Gasteiger partial charge is 0.393 e. The Bertz CT molecular complexity index is 467. The molecule has 0 saturated carbocycles. The lowest BCUT2D eigenvalue weighted by Crippen LogP contribution is -2.38. The molecular formula is C13H18FN3OS. The molecule has 104 valence electrons. The second-order valence-corrected chi connectivity index (χ2v) is 4.86. The number of carbonyl (C=O) groups excluding carboxylic acids is 1. The molecule has 0 fully saturated rings. The minimum atomic E-state index is -0.344. The minimum absolute atomic E-state index is 0.106. The quantitative estimate of drug-likeness (QED) is 0.802. The lowest BCUT2D eigenvalue weighted by atomic mass is 10.3. The number of para-hydroxylation sites is 1. The van der Waals surface area contributed by atoms with Crippen molar-refractivity contribution in [3.05, 3.63) is 30.1 Å². The van der Waals surface area contributed by atoms with E-state index >= 15 is 0 Å². The number of benzene rings is 1. The molecule has 0 aliphatic heterocycles. The van der Waals surface area contributed by atoms with E-state index in [1.165, 1.54) is 11.0 Å². The summed E-state index contributed by atoms with van der Waals surface area (Å²) in [5, 5.41) is 0. The van der Waals surface area contributed by atoms with E-state index in [0.29, 0.717) is 23.6 Å². The fraction of sp³-hybridized carbons (Fsp3) is 0.385. The topological polar surface area (TPSA) is 49.6 Å². The van der Waals surface area contributed by atoms with Gasteiger partial charge in [0.25, 0.3) is 0 Å². The van der Waals surface area contributed by atoms with Gasteiger partial charge in [-0.15, -0.1) is 0 Å². The van der Waals surface area contributed by atoms with Gasteiger partial charge in [-0.05, 0) is 12.1 Å². The summed E-state index contributed by atoms with van der Waals surface area (Å²) in [5.41, 5.74) is 5.79. The van der Waals surface area contributed by atoms with Crippen LogP contribution in [0.3, 0.4) is 0 Å². The van der Waals surface area contributed by atoms with Gasteiger partial charge in [-0.1, -0.05) is 24.4 Å². The van der Waals surface area contributed by atoms with Crippen LogP contribution in [0, 0.1) is 5.82 Å². The summed E-state index contributed by atoms with van der Waals surface area (Å²) in [6, 6.07) is 6.35. The number of rotatable bonds is 6. The molecule has 0 bridgehead atoms. The number of nitrogens with zero attached hydrogens (tertiary/aromatic N) is 2. The van der Waals surface area contributed by atoms with Gasteiger partial charge in [0.2, 0.25) is 5.91 Å². The maximum Gasteiger partial charge on any atom is 0.241 e. The number of hydrogen-bond acceptors (Lipinski definition) is 3. The average Bonchev–Trinajstić information content (AvgIpc) is 2.36. The van der Waals surface area contributed by atoms with Crippen LogP contribution in [-0.2, 0) is 4.79 Å². The average molecular weight is 283 g/mol. The predicted molar refractivity (Wildman–Crippen MR) is 78.7 cm³/mol. The molecule has 0 saturated heterocycles. The van der Waals surface area contributed by atoms with Crippen molar-refractivity contribution in [3.8, 4) is 0 Å². The van der Waals surface area contributed by atoms with Gasteiger partial charge in [-0.2, -0.15) is 0 Å². The molecule has 0 heterocycles. The highest BCUT2D eigenvalue weighted by Gasteiger charge is 2.14. The zero-order valence-electron chi connectivity index (χ0n) is 11.1. The third-order valence-corrected chi connectivity index (χ3v) is 2.96. The highest BCUT2D eigenvalue weighted by atomic mass is 32.1. The number of likely N-dealkylation sites (N-methyl/N-ethyl adjacent to an activating group) is 2. The fourth-order valence-electron chi connectivity index (χ4n) is 1.57. The Kier molecular flexibility index (Phi) is 5.69. The summed E-state index contributed by atoms with van der Waals surface area (Å²) < 4.78 is 13.5. The fourth-order valence-corrected chi connectivity index (χ4v) is 1.66. The summed E-state index contributed by atoms with van der Waals surface area (Å²) in [6.45, 7) is 0.577. The van der Waals surface area contributed by atoms with E-state index in [2.05, 4.69) is 0 Å².